The number of anilines is 1. The topological polar surface area (TPSA) is 77.5 Å². The van der Waals surface area contributed by atoms with Gasteiger partial charge in [-0.15, -0.1) is 24.0 Å². The molecule has 138 valence electrons. The van der Waals surface area contributed by atoms with Crippen LogP contribution < -0.4 is 11.1 Å². The molecular weight excluding hydrogens is 429 g/mol. The van der Waals surface area contributed by atoms with E-state index in [9.17, 15) is 0 Å². The monoisotopic (exact) mass is 457 g/mol. The summed E-state index contributed by atoms with van der Waals surface area (Å²) in [4.78, 5) is 4.45. The molecule has 2 rings (SSSR count). The van der Waals surface area contributed by atoms with E-state index in [1.807, 2.05) is 30.7 Å². The molecule has 0 atom stereocenters. The Morgan fingerprint density at radius 1 is 1.28 bits per heavy atom. The molecule has 1 aromatic heterocycles. The maximum absolute atomic E-state index is 6.00. The number of aryl methyl sites for hydroxylation is 2. The molecule has 7 heteroatoms. The quantitative estimate of drug-likeness (QED) is 0.380. The minimum absolute atomic E-state index is 0. The van der Waals surface area contributed by atoms with E-state index in [4.69, 9.17) is 10.5 Å². The van der Waals surface area contributed by atoms with Crippen molar-refractivity contribution in [3.8, 4) is 0 Å². The molecule has 0 radical (unpaired) electrons. The molecule has 0 saturated carbocycles. The van der Waals surface area contributed by atoms with Crippen LogP contribution in [0.4, 0.5) is 5.69 Å². The van der Waals surface area contributed by atoms with Crippen molar-refractivity contribution < 1.29 is 4.74 Å². The summed E-state index contributed by atoms with van der Waals surface area (Å²) in [5.41, 5.74) is 11.4. The Hall–Kier alpha value is -1.61. The number of methoxy groups -OCH3 is 1. The minimum Gasteiger partial charge on any atom is -0.383 e. The van der Waals surface area contributed by atoms with Gasteiger partial charge in [0.2, 0.25) is 0 Å². The number of nitrogens with two attached hydrogens (primary N) is 1. The lowest BCUT2D eigenvalue weighted by atomic mass is 10.1. The van der Waals surface area contributed by atoms with Crippen LogP contribution >= 0.6 is 24.0 Å². The summed E-state index contributed by atoms with van der Waals surface area (Å²) in [6.07, 6.45) is 1.02. The van der Waals surface area contributed by atoms with Crippen molar-refractivity contribution in [3.05, 3.63) is 46.8 Å². The molecule has 1 heterocycles. The second kappa shape index (κ2) is 10.4. The standard InChI is InChI=1S/C18H27N5O.HI/c1-5-15-6-8-16(9-7-15)21-18(19)20-12-17-13(2)22-23(14(17)3)10-11-24-4;/h6-9H,5,10-12H2,1-4H3,(H3,19,20,21);1H. The van der Waals surface area contributed by atoms with E-state index in [1.165, 1.54) is 5.56 Å². The summed E-state index contributed by atoms with van der Waals surface area (Å²) in [7, 11) is 1.69. The van der Waals surface area contributed by atoms with Gasteiger partial charge >= 0.3 is 0 Å². The van der Waals surface area contributed by atoms with Crippen molar-refractivity contribution in [2.45, 2.75) is 40.3 Å². The van der Waals surface area contributed by atoms with Gasteiger partial charge in [0.25, 0.3) is 0 Å². The van der Waals surface area contributed by atoms with Crippen molar-refractivity contribution >= 4 is 35.6 Å². The van der Waals surface area contributed by atoms with Crippen LogP contribution in [0.25, 0.3) is 0 Å². The summed E-state index contributed by atoms with van der Waals surface area (Å²) in [5.74, 6) is 0.405. The maximum Gasteiger partial charge on any atom is 0.193 e. The lowest BCUT2D eigenvalue weighted by Gasteiger charge is -2.07. The average molecular weight is 457 g/mol. The van der Waals surface area contributed by atoms with Crippen molar-refractivity contribution in [2.24, 2.45) is 10.7 Å². The SMILES string of the molecule is CCc1ccc(NC(N)=NCc2c(C)nn(CCOC)c2C)cc1.I. The Balaban J connectivity index is 0.00000312. The average Bonchev–Trinajstić information content (AvgIpc) is 2.85. The molecular formula is C18H28IN5O. The molecule has 0 unspecified atom stereocenters. The molecule has 0 saturated heterocycles. The minimum atomic E-state index is 0. The van der Waals surface area contributed by atoms with E-state index in [-0.39, 0.29) is 24.0 Å². The highest BCUT2D eigenvalue weighted by Crippen LogP contribution is 2.15. The van der Waals surface area contributed by atoms with Crippen LogP contribution in [-0.4, -0.2) is 29.5 Å². The molecule has 25 heavy (non-hydrogen) atoms. The van der Waals surface area contributed by atoms with Gasteiger partial charge in [-0.2, -0.15) is 5.10 Å². The third-order valence-corrected chi connectivity index (χ3v) is 4.08. The molecule has 0 amide bonds. The Bertz CT molecular complexity index is 694. The first-order valence-corrected chi connectivity index (χ1v) is 8.22. The van der Waals surface area contributed by atoms with Crippen LogP contribution in [-0.2, 0) is 24.2 Å². The molecule has 0 aliphatic heterocycles. The normalized spacial score (nSPS) is 11.3. The fraction of sp³-hybridized carbons (Fsp3) is 0.444. The lowest BCUT2D eigenvalue weighted by molar-refractivity contribution is 0.182. The Labute approximate surface area is 166 Å². The van der Waals surface area contributed by atoms with Gasteiger partial charge in [-0.05, 0) is 38.0 Å². The highest BCUT2D eigenvalue weighted by molar-refractivity contribution is 14.0. The zero-order valence-corrected chi connectivity index (χ0v) is 17.7. The molecule has 0 bridgehead atoms. The van der Waals surface area contributed by atoms with E-state index in [2.05, 4.69) is 34.5 Å². The van der Waals surface area contributed by atoms with Gasteiger partial charge < -0.3 is 15.8 Å². The van der Waals surface area contributed by atoms with Crippen LogP contribution in [0.3, 0.4) is 0 Å². The lowest BCUT2D eigenvalue weighted by Crippen LogP contribution is -2.22. The molecule has 0 fully saturated rings. The summed E-state index contributed by atoms with van der Waals surface area (Å²) in [6, 6.07) is 8.20. The second-order valence-corrected chi connectivity index (χ2v) is 5.74. The number of ether oxygens (including phenoxy) is 1. The van der Waals surface area contributed by atoms with Crippen LogP contribution in [0.1, 0.15) is 29.4 Å². The molecule has 6 nitrogen and oxygen atoms in total. The largest absolute Gasteiger partial charge is 0.383 e. The number of rotatable bonds is 7. The molecule has 0 aliphatic carbocycles. The van der Waals surface area contributed by atoms with Crippen molar-refractivity contribution in [2.75, 3.05) is 19.0 Å². The highest BCUT2D eigenvalue weighted by atomic mass is 127. The van der Waals surface area contributed by atoms with Gasteiger partial charge in [-0.3, -0.25) is 4.68 Å². The van der Waals surface area contributed by atoms with Crippen molar-refractivity contribution in [1.82, 2.24) is 9.78 Å². The Morgan fingerprint density at radius 2 is 1.96 bits per heavy atom. The number of nitrogens with one attached hydrogen (secondary N) is 1. The Morgan fingerprint density at radius 3 is 2.56 bits per heavy atom. The number of aromatic nitrogens is 2. The van der Waals surface area contributed by atoms with Crippen LogP contribution in [0, 0.1) is 13.8 Å². The van der Waals surface area contributed by atoms with E-state index in [0.717, 1.165) is 35.6 Å². The number of nitrogens with zero attached hydrogens (tertiary/aromatic N) is 3. The van der Waals surface area contributed by atoms with Gasteiger partial charge in [0.1, 0.15) is 0 Å². The first kappa shape index (κ1) is 21.4. The fourth-order valence-corrected chi connectivity index (χ4v) is 2.53. The summed E-state index contributed by atoms with van der Waals surface area (Å²) < 4.78 is 7.07. The van der Waals surface area contributed by atoms with Crippen LogP contribution in [0.2, 0.25) is 0 Å². The van der Waals surface area contributed by atoms with E-state index in [0.29, 0.717) is 19.1 Å². The third kappa shape index (κ3) is 6.00. The Kier molecular flexibility index (Phi) is 8.91. The van der Waals surface area contributed by atoms with Crippen molar-refractivity contribution in [1.29, 1.82) is 0 Å². The zero-order valence-electron chi connectivity index (χ0n) is 15.4. The number of benzene rings is 1. The first-order valence-electron chi connectivity index (χ1n) is 8.22. The summed E-state index contributed by atoms with van der Waals surface area (Å²) in [5, 5.41) is 7.66. The molecule has 0 aliphatic rings. The zero-order chi connectivity index (χ0) is 17.5. The fourth-order valence-electron chi connectivity index (χ4n) is 2.53. The van der Waals surface area contributed by atoms with Gasteiger partial charge in [0, 0.05) is 24.1 Å². The van der Waals surface area contributed by atoms with E-state index in [1.54, 1.807) is 7.11 Å². The van der Waals surface area contributed by atoms with E-state index < -0.39 is 0 Å². The highest BCUT2D eigenvalue weighted by Gasteiger charge is 2.10. The number of halogens is 1. The predicted molar refractivity (Wildman–Crippen MR) is 114 cm³/mol. The smallest absolute Gasteiger partial charge is 0.193 e. The second-order valence-electron chi connectivity index (χ2n) is 5.74. The van der Waals surface area contributed by atoms with Crippen LogP contribution in [0.5, 0.6) is 0 Å². The molecule has 0 spiro atoms. The molecule has 1 aromatic carbocycles. The van der Waals surface area contributed by atoms with Crippen molar-refractivity contribution in [3.63, 3.8) is 0 Å². The predicted octanol–water partition coefficient (Wildman–Crippen LogP) is 3.25. The summed E-state index contributed by atoms with van der Waals surface area (Å²) in [6.45, 7) is 8.07. The van der Waals surface area contributed by atoms with Gasteiger partial charge in [0.05, 0.1) is 25.4 Å². The number of aliphatic imine (C=N–C) groups is 1. The van der Waals surface area contributed by atoms with Gasteiger partial charge in [0.15, 0.2) is 5.96 Å². The molecule has 2 aromatic rings. The number of hydrogen-bond donors (Lipinski definition) is 2. The van der Waals surface area contributed by atoms with Crippen LogP contribution in [0.15, 0.2) is 29.3 Å². The number of guanidine groups is 1. The van der Waals surface area contributed by atoms with Gasteiger partial charge in [-0.25, -0.2) is 4.99 Å². The number of hydrogen-bond acceptors (Lipinski definition) is 3. The summed E-state index contributed by atoms with van der Waals surface area (Å²) >= 11 is 0. The first-order chi connectivity index (χ1) is 11.5. The maximum atomic E-state index is 6.00. The van der Waals surface area contributed by atoms with E-state index >= 15 is 0 Å². The molecule has 3 N–H and O–H groups in total. The van der Waals surface area contributed by atoms with Gasteiger partial charge in [-0.1, -0.05) is 19.1 Å². The third-order valence-electron chi connectivity index (χ3n) is 4.08.